The van der Waals surface area contributed by atoms with Crippen LogP contribution in [0.3, 0.4) is 0 Å². The van der Waals surface area contributed by atoms with E-state index < -0.39 is 0 Å². The summed E-state index contributed by atoms with van der Waals surface area (Å²) in [5.74, 6) is 1.62. The Labute approximate surface area is 151 Å². The van der Waals surface area contributed by atoms with Crippen molar-refractivity contribution in [3.8, 4) is 0 Å². The molecule has 0 radical (unpaired) electrons. The predicted molar refractivity (Wildman–Crippen MR) is 97.2 cm³/mol. The van der Waals surface area contributed by atoms with Crippen LogP contribution in [0.2, 0.25) is 0 Å². The van der Waals surface area contributed by atoms with E-state index in [2.05, 4.69) is 21.2 Å². The number of carbonyl (C=O) groups is 1. The summed E-state index contributed by atoms with van der Waals surface area (Å²) in [5.41, 5.74) is 2.73. The number of hydrogen-bond acceptors (Lipinski definition) is 6. The lowest BCUT2D eigenvalue weighted by atomic mass is 10.1. The number of nitrogens with zero attached hydrogens (tertiary/aromatic N) is 5. The molecule has 0 saturated carbocycles. The third-order valence-electron chi connectivity index (χ3n) is 4.46. The van der Waals surface area contributed by atoms with E-state index in [1.807, 2.05) is 41.1 Å². The van der Waals surface area contributed by atoms with Crippen molar-refractivity contribution in [3.05, 3.63) is 65.4 Å². The van der Waals surface area contributed by atoms with Gasteiger partial charge in [0.05, 0.1) is 12.1 Å². The monoisotopic (exact) mass is 349 g/mol. The Bertz CT molecular complexity index is 952. The minimum Gasteiger partial charge on any atom is -0.351 e. The van der Waals surface area contributed by atoms with Crippen LogP contribution in [-0.4, -0.2) is 34.6 Å². The Morgan fingerprint density at radius 1 is 1.27 bits per heavy atom. The molecule has 26 heavy (non-hydrogen) atoms. The van der Waals surface area contributed by atoms with Crippen molar-refractivity contribution >= 4 is 17.4 Å². The van der Waals surface area contributed by atoms with E-state index in [1.165, 1.54) is 5.56 Å². The van der Waals surface area contributed by atoms with Crippen LogP contribution in [0.25, 0.3) is 0 Å². The van der Waals surface area contributed by atoms with E-state index in [0.717, 1.165) is 12.1 Å². The fourth-order valence-electron chi connectivity index (χ4n) is 3.26. The van der Waals surface area contributed by atoms with Crippen molar-refractivity contribution < 1.29 is 9.32 Å². The molecule has 3 heterocycles. The molecular weight excluding hydrogens is 330 g/mol. The Balaban J connectivity index is 1.62. The molecule has 0 atom stereocenters. The Hall–Kier alpha value is -3.22. The topological polar surface area (TPSA) is 75.4 Å². The highest BCUT2D eigenvalue weighted by atomic mass is 16.5. The molecule has 1 aliphatic heterocycles. The highest BCUT2D eigenvalue weighted by Gasteiger charge is 2.28. The number of benzene rings is 1. The molecule has 0 spiro atoms. The minimum atomic E-state index is -0.0470. The van der Waals surface area contributed by atoms with Crippen LogP contribution in [0.1, 0.15) is 27.6 Å². The van der Waals surface area contributed by atoms with Crippen LogP contribution in [0.15, 0.2) is 47.1 Å². The first kappa shape index (κ1) is 16.3. The highest BCUT2D eigenvalue weighted by Crippen LogP contribution is 2.30. The van der Waals surface area contributed by atoms with Gasteiger partial charge in [0.15, 0.2) is 5.82 Å². The second-order valence-corrected chi connectivity index (χ2v) is 6.30. The van der Waals surface area contributed by atoms with Gasteiger partial charge in [-0.25, -0.2) is 4.98 Å². The summed E-state index contributed by atoms with van der Waals surface area (Å²) in [5, 5.41) is 3.91. The lowest BCUT2D eigenvalue weighted by Crippen LogP contribution is -2.31. The van der Waals surface area contributed by atoms with Crippen molar-refractivity contribution in [2.24, 2.45) is 0 Å². The van der Waals surface area contributed by atoms with Gasteiger partial charge < -0.3 is 14.3 Å². The number of hydrogen-bond donors (Lipinski definition) is 0. The van der Waals surface area contributed by atoms with Gasteiger partial charge in [0, 0.05) is 32.4 Å². The highest BCUT2D eigenvalue weighted by molar-refractivity contribution is 6.10. The van der Waals surface area contributed by atoms with E-state index in [9.17, 15) is 4.79 Å². The lowest BCUT2D eigenvalue weighted by Gasteiger charge is -2.22. The van der Waals surface area contributed by atoms with Gasteiger partial charge in [-0.2, -0.15) is 4.98 Å². The standard InChI is InChI=1S/C19H19N5O2/c1-13-21-17(22-26-13)12-23(2)18-15(7-5-10-20-18)19(25)24-11-9-14-6-3-4-8-16(14)24/h3-8,10H,9,11-12H2,1-2H3. The largest absolute Gasteiger partial charge is 0.351 e. The summed E-state index contributed by atoms with van der Waals surface area (Å²) in [4.78, 5) is 25.5. The Morgan fingerprint density at radius 2 is 2.12 bits per heavy atom. The van der Waals surface area contributed by atoms with Gasteiger partial charge in [-0.15, -0.1) is 0 Å². The van der Waals surface area contributed by atoms with Crippen LogP contribution < -0.4 is 9.80 Å². The molecule has 0 aliphatic carbocycles. The first-order valence-electron chi connectivity index (χ1n) is 8.48. The maximum Gasteiger partial charge on any atom is 0.262 e. The first-order valence-corrected chi connectivity index (χ1v) is 8.48. The van der Waals surface area contributed by atoms with Gasteiger partial charge in [0.25, 0.3) is 5.91 Å². The zero-order valence-corrected chi connectivity index (χ0v) is 14.7. The molecule has 1 aliphatic rings. The third kappa shape index (κ3) is 2.92. The molecule has 2 aromatic heterocycles. The van der Waals surface area contributed by atoms with Crippen molar-refractivity contribution in [3.63, 3.8) is 0 Å². The van der Waals surface area contributed by atoms with Crippen molar-refractivity contribution in [2.45, 2.75) is 19.9 Å². The zero-order valence-electron chi connectivity index (χ0n) is 14.7. The van der Waals surface area contributed by atoms with Gasteiger partial charge in [-0.1, -0.05) is 23.4 Å². The van der Waals surface area contributed by atoms with Gasteiger partial charge in [0.2, 0.25) is 5.89 Å². The quantitative estimate of drug-likeness (QED) is 0.721. The molecule has 1 amide bonds. The first-order chi connectivity index (χ1) is 12.6. The SMILES string of the molecule is Cc1nc(CN(C)c2ncccc2C(=O)N2CCc3ccccc32)no1. The summed E-state index contributed by atoms with van der Waals surface area (Å²) in [6, 6.07) is 11.6. The summed E-state index contributed by atoms with van der Waals surface area (Å²) in [7, 11) is 1.86. The van der Waals surface area contributed by atoms with Crippen molar-refractivity contribution in [1.29, 1.82) is 0 Å². The fourth-order valence-corrected chi connectivity index (χ4v) is 3.26. The molecule has 0 unspecified atom stereocenters. The normalized spacial score (nSPS) is 12.9. The molecule has 1 aromatic carbocycles. The molecule has 0 bridgehead atoms. The van der Waals surface area contributed by atoms with Crippen molar-refractivity contribution in [2.75, 3.05) is 23.4 Å². The second kappa shape index (κ2) is 6.59. The molecule has 0 N–H and O–H groups in total. The third-order valence-corrected chi connectivity index (χ3v) is 4.46. The second-order valence-electron chi connectivity index (χ2n) is 6.30. The van der Waals surface area contributed by atoms with Crippen LogP contribution in [0, 0.1) is 6.92 Å². The maximum atomic E-state index is 13.2. The number of aryl methyl sites for hydroxylation is 1. The van der Waals surface area contributed by atoms with Crippen LogP contribution in [0.4, 0.5) is 11.5 Å². The molecule has 7 heteroatoms. The number of pyridine rings is 1. The summed E-state index contributed by atoms with van der Waals surface area (Å²) < 4.78 is 5.02. The van der Waals surface area contributed by atoms with E-state index in [-0.39, 0.29) is 5.91 Å². The number of anilines is 2. The van der Waals surface area contributed by atoms with Crippen LogP contribution >= 0.6 is 0 Å². The van der Waals surface area contributed by atoms with E-state index in [0.29, 0.717) is 36.2 Å². The van der Waals surface area contributed by atoms with E-state index in [1.54, 1.807) is 19.2 Å². The molecule has 7 nitrogen and oxygen atoms in total. The van der Waals surface area contributed by atoms with Gasteiger partial charge in [-0.3, -0.25) is 4.79 Å². The Morgan fingerprint density at radius 3 is 2.92 bits per heavy atom. The summed E-state index contributed by atoms with van der Waals surface area (Å²) in [6.45, 7) is 2.84. The molecular formula is C19H19N5O2. The number of amides is 1. The van der Waals surface area contributed by atoms with E-state index in [4.69, 9.17) is 4.52 Å². The van der Waals surface area contributed by atoms with E-state index >= 15 is 0 Å². The average molecular weight is 349 g/mol. The van der Waals surface area contributed by atoms with Gasteiger partial charge in [-0.05, 0) is 30.2 Å². The number of carbonyl (C=O) groups excluding carboxylic acids is 1. The fraction of sp³-hybridized carbons (Fsp3) is 0.263. The predicted octanol–water partition coefficient (Wildman–Crippen LogP) is 2.61. The Kier molecular flexibility index (Phi) is 4.12. The summed E-state index contributed by atoms with van der Waals surface area (Å²) in [6.07, 6.45) is 2.55. The average Bonchev–Trinajstić information content (AvgIpc) is 3.27. The van der Waals surface area contributed by atoms with Gasteiger partial charge in [0.1, 0.15) is 5.82 Å². The number of rotatable bonds is 4. The molecule has 0 fully saturated rings. The van der Waals surface area contributed by atoms with Gasteiger partial charge >= 0.3 is 0 Å². The number of para-hydroxylation sites is 1. The minimum absolute atomic E-state index is 0.0470. The molecule has 0 saturated heterocycles. The number of aromatic nitrogens is 3. The maximum absolute atomic E-state index is 13.2. The van der Waals surface area contributed by atoms with Crippen LogP contribution in [0.5, 0.6) is 0 Å². The zero-order chi connectivity index (χ0) is 18.1. The van der Waals surface area contributed by atoms with Crippen LogP contribution in [-0.2, 0) is 13.0 Å². The smallest absolute Gasteiger partial charge is 0.262 e. The molecule has 3 aromatic rings. The van der Waals surface area contributed by atoms with Crippen molar-refractivity contribution in [1.82, 2.24) is 15.1 Å². The molecule has 4 rings (SSSR count). The lowest BCUT2D eigenvalue weighted by molar-refractivity contribution is 0.0989. The summed E-state index contributed by atoms with van der Waals surface area (Å²) >= 11 is 0. The number of fused-ring (bicyclic) bond motifs is 1. The molecule has 132 valence electrons.